The lowest BCUT2D eigenvalue weighted by atomic mass is 9.99. The standard InChI is InChI=1S/C12H20N2O6/c1-7-5-14(6-8(7)11(17)20-3)12(18)13-4-9(19-2)10(15)16/h7-9H,4-6H2,1-3H3,(H,13,18)(H,15,16). The van der Waals surface area contributed by atoms with E-state index in [1.165, 1.54) is 19.1 Å². The van der Waals surface area contributed by atoms with Crippen LogP contribution in [0.5, 0.6) is 0 Å². The van der Waals surface area contributed by atoms with Gasteiger partial charge in [-0.2, -0.15) is 0 Å². The number of carbonyl (C=O) groups excluding carboxylic acids is 2. The SMILES string of the molecule is COC(=O)C1CN(C(=O)NCC(OC)C(=O)O)CC1C. The fraction of sp³-hybridized carbons (Fsp3) is 0.750. The summed E-state index contributed by atoms with van der Waals surface area (Å²) in [7, 11) is 2.57. The fourth-order valence-electron chi connectivity index (χ4n) is 2.15. The van der Waals surface area contributed by atoms with Gasteiger partial charge in [-0.3, -0.25) is 4.79 Å². The summed E-state index contributed by atoms with van der Waals surface area (Å²) in [6.45, 7) is 2.43. The van der Waals surface area contributed by atoms with Gasteiger partial charge < -0.3 is 24.8 Å². The second-order valence-electron chi connectivity index (χ2n) is 4.76. The second kappa shape index (κ2) is 7.09. The average molecular weight is 288 g/mol. The van der Waals surface area contributed by atoms with Crippen LogP contribution < -0.4 is 5.32 Å². The molecule has 8 heteroatoms. The van der Waals surface area contributed by atoms with E-state index < -0.39 is 18.1 Å². The Balaban J connectivity index is 2.49. The Morgan fingerprint density at radius 1 is 1.35 bits per heavy atom. The van der Waals surface area contributed by atoms with Crippen molar-refractivity contribution < 1.29 is 29.0 Å². The van der Waals surface area contributed by atoms with E-state index in [-0.39, 0.29) is 30.9 Å². The van der Waals surface area contributed by atoms with Crippen LogP contribution in [0.3, 0.4) is 0 Å². The molecule has 0 aliphatic carbocycles. The van der Waals surface area contributed by atoms with E-state index in [2.05, 4.69) is 10.1 Å². The van der Waals surface area contributed by atoms with Crippen LogP contribution in [0.4, 0.5) is 4.79 Å². The van der Waals surface area contributed by atoms with E-state index in [0.717, 1.165) is 0 Å². The second-order valence-corrected chi connectivity index (χ2v) is 4.76. The maximum absolute atomic E-state index is 11.9. The van der Waals surface area contributed by atoms with Crippen LogP contribution in [0, 0.1) is 11.8 Å². The number of urea groups is 1. The summed E-state index contributed by atoms with van der Waals surface area (Å²) in [4.78, 5) is 35.6. The Kier molecular flexibility index (Phi) is 5.75. The van der Waals surface area contributed by atoms with Gasteiger partial charge in [0.05, 0.1) is 19.6 Å². The van der Waals surface area contributed by atoms with Crippen LogP contribution in [0.1, 0.15) is 6.92 Å². The summed E-state index contributed by atoms with van der Waals surface area (Å²) >= 11 is 0. The first kappa shape index (κ1) is 16.2. The van der Waals surface area contributed by atoms with Gasteiger partial charge in [0.25, 0.3) is 0 Å². The molecule has 0 radical (unpaired) electrons. The van der Waals surface area contributed by atoms with Gasteiger partial charge >= 0.3 is 18.0 Å². The van der Waals surface area contributed by atoms with Gasteiger partial charge in [-0.05, 0) is 5.92 Å². The molecule has 1 saturated heterocycles. The molecule has 20 heavy (non-hydrogen) atoms. The molecular weight excluding hydrogens is 268 g/mol. The van der Waals surface area contributed by atoms with Crippen molar-refractivity contribution in [2.24, 2.45) is 11.8 Å². The Hall–Kier alpha value is -1.83. The highest BCUT2D eigenvalue weighted by molar-refractivity contribution is 5.79. The third kappa shape index (κ3) is 3.83. The zero-order chi connectivity index (χ0) is 15.3. The molecule has 0 aromatic rings. The predicted octanol–water partition coefficient (Wildman–Crippen LogP) is -0.463. The first-order valence-electron chi connectivity index (χ1n) is 6.26. The number of ether oxygens (including phenoxy) is 2. The van der Waals surface area contributed by atoms with Gasteiger partial charge in [-0.25, -0.2) is 9.59 Å². The van der Waals surface area contributed by atoms with Gasteiger partial charge in [0, 0.05) is 20.2 Å². The number of rotatable bonds is 5. The Morgan fingerprint density at radius 2 is 2.00 bits per heavy atom. The molecule has 1 aliphatic rings. The third-order valence-electron chi connectivity index (χ3n) is 3.40. The first-order valence-corrected chi connectivity index (χ1v) is 6.26. The molecule has 1 heterocycles. The minimum Gasteiger partial charge on any atom is -0.479 e. The summed E-state index contributed by atoms with van der Waals surface area (Å²) < 4.78 is 9.40. The van der Waals surface area contributed by atoms with E-state index in [1.54, 1.807) is 0 Å². The Bertz CT molecular complexity index is 386. The van der Waals surface area contributed by atoms with Crippen molar-refractivity contribution in [1.82, 2.24) is 10.2 Å². The minimum atomic E-state index is -1.14. The molecule has 2 N–H and O–H groups in total. The van der Waals surface area contributed by atoms with E-state index in [4.69, 9.17) is 9.84 Å². The topological polar surface area (TPSA) is 105 Å². The molecule has 0 aromatic carbocycles. The highest BCUT2D eigenvalue weighted by atomic mass is 16.5. The number of aliphatic carboxylic acids is 1. The summed E-state index contributed by atoms with van der Waals surface area (Å²) in [5.74, 6) is -1.82. The largest absolute Gasteiger partial charge is 0.479 e. The number of hydrogen-bond donors (Lipinski definition) is 2. The molecule has 0 aromatic heterocycles. The number of hydrogen-bond acceptors (Lipinski definition) is 5. The molecule has 3 unspecified atom stereocenters. The molecule has 2 amide bonds. The number of carbonyl (C=O) groups is 3. The quantitative estimate of drug-likeness (QED) is 0.663. The van der Waals surface area contributed by atoms with Crippen molar-refractivity contribution in [2.75, 3.05) is 33.9 Å². The molecule has 0 spiro atoms. The highest BCUT2D eigenvalue weighted by Crippen LogP contribution is 2.23. The van der Waals surface area contributed by atoms with Crippen molar-refractivity contribution in [3.63, 3.8) is 0 Å². The number of carboxylic acids is 1. The van der Waals surface area contributed by atoms with Crippen molar-refractivity contribution in [2.45, 2.75) is 13.0 Å². The minimum absolute atomic E-state index is 0.00546. The molecule has 0 bridgehead atoms. The summed E-state index contributed by atoms with van der Waals surface area (Å²) in [5.41, 5.74) is 0. The van der Waals surface area contributed by atoms with Gasteiger partial charge in [0.1, 0.15) is 0 Å². The number of amides is 2. The lowest BCUT2D eigenvalue weighted by Crippen LogP contribution is -2.44. The Labute approximate surface area is 117 Å². The molecule has 1 fully saturated rings. The predicted molar refractivity (Wildman–Crippen MR) is 68.1 cm³/mol. The number of nitrogens with one attached hydrogen (secondary N) is 1. The zero-order valence-electron chi connectivity index (χ0n) is 11.8. The van der Waals surface area contributed by atoms with Crippen molar-refractivity contribution in [3.05, 3.63) is 0 Å². The van der Waals surface area contributed by atoms with Crippen LogP contribution in [0.2, 0.25) is 0 Å². The van der Waals surface area contributed by atoms with Gasteiger partial charge in [0.2, 0.25) is 0 Å². The highest BCUT2D eigenvalue weighted by Gasteiger charge is 2.37. The number of carboxylic acid groups (broad SMARTS) is 1. The van der Waals surface area contributed by atoms with Crippen molar-refractivity contribution in [3.8, 4) is 0 Å². The molecule has 1 rings (SSSR count). The number of nitrogens with zero attached hydrogens (tertiary/aromatic N) is 1. The Morgan fingerprint density at radius 3 is 2.50 bits per heavy atom. The van der Waals surface area contributed by atoms with E-state index in [9.17, 15) is 14.4 Å². The lowest BCUT2D eigenvalue weighted by molar-refractivity contribution is -0.148. The van der Waals surface area contributed by atoms with Crippen LogP contribution in [0.15, 0.2) is 0 Å². The van der Waals surface area contributed by atoms with Gasteiger partial charge in [0.15, 0.2) is 6.10 Å². The smallest absolute Gasteiger partial charge is 0.334 e. The summed E-state index contributed by atoms with van der Waals surface area (Å²) in [6.07, 6.45) is -1.09. The molecule has 114 valence electrons. The van der Waals surface area contributed by atoms with Crippen molar-refractivity contribution >= 4 is 18.0 Å². The molecule has 1 aliphatic heterocycles. The van der Waals surface area contributed by atoms with Crippen LogP contribution in [0.25, 0.3) is 0 Å². The van der Waals surface area contributed by atoms with Crippen LogP contribution in [-0.4, -0.2) is 67.9 Å². The molecule has 0 saturated carbocycles. The first-order chi connectivity index (χ1) is 9.40. The fourth-order valence-corrected chi connectivity index (χ4v) is 2.15. The van der Waals surface area contributed by atoms with Gasteiger partial charge in [-0.1, -0.05) is 6.92 Å². The molecule has 8 nitrogen and oxygen atoms in total. The zero-order valence-corrected chi connectivity index (χ0v) is 11.8. The number of esters is 1. The van der Waals surface area contributed by atoms with Crippen molar-refractivity contribution in [1.29, 1.82) is 0 Å². The molecular formula is C12H20N2O6. The third-order valence-corrected chi connectivity index (χ3v) is 3.40. The van der Waals surface area contributed by atoms with E-state index >= 15 is 0 Å². The summed E-state index contributed by atoms with van der Waals surface area (Å²) in [6, 6.07) is -0.411. The molecule has 3 atom stereocenters. The summed E-state index contributed by atoms with van der Waals surface area (Å²) in [5, 5.41) is 11.3. The normalized spacial score (nSPS) is 23.2. The maximum atomic E-state index is 11.9. The maximum Gasteiger partial charge on any atom is 0.334 e. The van der Waals surface area contributed by atoms with Crippen LogP contribution >= 0.6 is 0 Å². The van der Waals surface area contributed by atoms with E-state index in [1.807, 2.05) is 6.92 Å². The monoisotopic (exact) mass is 288 g/mol. The van der Waals surface area contributed by atoms with E-state index in [0.29, 0.717) is 6.54 Å². The number of likely N-dealkylation sites (tertiary alicyclic amines) is 1. The average Bonchev–Trinajstić information content (AvgIpc) is 2.80. The van der Waals surface area contributed by atoms with Gasteiger partial charge in [-0.15, -0.1) is 0 Å². The lowest BCUT2D eigenvalue weighted by Gasteiger charge is -2.18. The van der Waals surface area contributed by atoms with Crippen LogP contribution in [-0.2, 0) is 19.1 Å². The number of methoxy groups -OCH3 is 2.